The van der Waals surface area contributed by atoms with E-state index in [9.17, 15) is 4.79 Å². The number of imidazole rings is 1. The van der Waals surface area contributed by atoms with E-state index < -0.39 is 0 Å². The normalized spacial score (nSPS) is 15.4. The number of rotatable bonds is 6. The summed E-state index contributed by atoms with van der Waals surface area (Å²) >= 11 is 1.48. The van der Waals surface area contributed by atoms with Crippen molar-refractivity contribution in [2.24, 2.45) is 7.05 Å². The van der Waals surface area contributed by atoms with Crippen LogP contribution in [0.1, 0.15) is 13.3 Å². The lowest BCUT2D eigenvalue weighted by Crippen LogP contribution is -2.44. The van der Waals surface area contributed by atoms with Gasteiger partial charge < -0.3 is 19.9 Å². The number of aliphatic hydroxyl groups is 1. The van der Waals surface area contributed by atoms with Crippen LogP contribution >= 0.6 is 11.8 Å². The van der Waals surface area contributed by atoms with Crippen LogP contribution < -0.4 is 15.8 Å². The molecule has 0 unspecified atom stereocenters. The molecular weight excluding hydrogens is 328 g/mol. The predicted octanol–water partition coefficient (Wildman–Crippen LogP) is 0.0340. The van der Waals surface area contributed by atoms with Crippen molar-refractivity contribution in [3.8, 4) is 0 Å². The van der Waals surface area contributed by atoms with Gasteiger partial charge in [0, 0.05) is 52.1 Å². The number of aryl methyl sites for hydroxylation is 1. The molecule has 0 atom stereocenters. The monoisotopic (exact) mass is 352 g/mol. The van der Waals surface area contributed by atoms with Gasteiger partial charge in [0.2, 0.25) is 5.95 Å². The fourth-order valence-corrected chi connectivity index (χ4v) is 3.78. The Balaban J connectivity index is 2.05. The van der Waals surface area contributed by atoms with Gasteiger partial charge in [-0.1, -0.05) is 11.8 Å². The van der Waals surface area contributed by atoms with Gasteiger partial charge in [-0.15, -0.1) is 0 Å². The Bertz CT molecular complexity index is 765. The Hall–Kier alpha value is -1.58. The summed E-state index contributed by atoms with van der Waals surface area (Å²) in [6, 6.07) is 0. The van der Waals surface area contributed by atoms with E-state index in [4.69, 9.17) is 5.11 Å². The van der Waals surface area contributed by atoms with Gasteiger partial charge in [0.15, 0.2) is 16.3 Å². The average molecular weight is 352 g/mol. The molecule has 0 aromatic carbocycles. The van der Waals surface area contributed by atoms with Gasteiger partial charge in [-0.2, -0.15) is 4.98 Å². The third kappa shape index (κ3) is 3.15. The summed E-state index contributed by atoms with van der Waals surface area (Å²) < 4.78 is 3.55. The van der Waals surface area contributed by atoms with Gasteiger partial charge in [-0.3, -0.25) is 9.36 Å². The second-order valence-electron chi connectivity index (χ2n) is 5.75. The summed E-state index contributed by atoms with van der Waals surface area (Å²) in [4.78, 5) is 24.3. The predicted molar refractivity (Wildman–Crippen MR) is 96.0 cm³/mol. The highest BCUT2D eigenvalue weighted by Crippen LogP contribution is 2.22. The van der Waals surface area contributed by atoms with Crippen molar-refractivity contribution < 1.29 is 5.11 Å². The molecule has 0 aliphatic carbocycles. The number of hydrogen-bond donors (Lipinski definition) is 2. The van der Waals surface area contributed by atoms with Crippen LogP contribution in [0.5, 0.6) is 0 Å². The Morgan fingerprint density at radius 2 is 2.04 bits per heavy atom. The number of aromatic nitrogens is 4. The molecule has 3 heterocycles. The molecule has 1 fully saturated rings. The number of aliphatic hydroxyl groups excluding tert-OH is 1. The minimum Gasteiger partial charge on any atom is -0.396 e. The summed E-state index contributed by atoms with van der Waals surface area (Å²) in [5.74, 6) is 1.55. The van der Waals surface area contributed by atoms with E-state index >= 15 is 0 Å². The zero-order valence-electron chi connectivity index (χ0n) is 14.2. The first kappa shape index (κ1) is 17.2. The first-order chi connectivity index (χ1) is 11.7. The summed E-state index contributed by atoms with van der Waals surface area (Å²) in [6.45, 7) is 6.44. The molecule has 1 aliphatic heterocycles. The molecule has 0 spiro atoms. The lowest BCUT2D eigenvalue weighted by molar-refractivity contribution is 0.296. The van der Waals surface area contributed by atoms with Crippen molar-refractivity contribution in [1.82, 2.24) is 24.4 Å². The molecule has 1 saturated heterocycles. The lowest BCUT2D eigenvalue weighted by Gasteiger charge is -2.28. The van der Waals surface area contributed by atoms with Crippen molar-refractivity contribution in [3.63, 3.8) is 0 Å². The molecule has 2 aromatic rings. The minimum atomic E-state index is -0.0674. The van der Waals surface area contributed by atoms with Crippen molar-refractivity contribution >= 4 is 28.9 Å². The summed E-state index contributed by atoms with van der Waals surface area (Å²) in [5, 5.41) is 12.9. The third-order valence-electron chi connectivity index (χ3n) is 4.17. The van der Waals surface area contributed by atoms with E-state index in [-0.39, 0.29) is 12.2 Å². The summed E-state index contributed by atoms with van der Waals surface area (Å²) in [5.41, 5.74) is 1.02. The Morgan fingerprint density at radius 3 is 2.71 bits per heavy atom. The molecule has 9 heteroatoms. The SMILES string of the molecule is CCn1c(N2CCNCC2)nc2nc(SCCCO)n(C)c(=O)c21. The van der Waals surface area contributed by atoms with Crippen molar-refractivity contribution in [2.45, 2.75) is 25.0 Å². The van der Waals surface area contributed by atoms with Crippen molar-refractivity contribution in [1.29, 1.82) is 0 Å². The van der Waals surface area contributed by atoms with Gasteiger partial charge in [-0.25, -0.2) is 4.98 Å². The zero-order chi connectivity index (χ0) is 17.1. The molecule has 0 saturated carbocycles. The Labute approximate surface area is 144 Å². The number of fused-ring (bicyclic) bond motifs is 1. The van der Waals surface area contributed by atoms with E-state index in [0.717, 1.165) is 37.9 Å². The Kier molecular flexibility index (Phi) is 5.42. The molecule has 24 heavy (non-hydrogen) atoms. The second-order valence-corrected chi connectivity index (χ2v) is 6.81. The van der Waals surface area contributed by atoms with Gasteiger partial charge >= 0.3 is 0 Å². The third-order valence-corrected chi connectivity index (χ3v) is 5.29. The molecular formula is C15H24N6O2S. The molecule has 0 bridgehead atoms. The van der Waals surface area contributed by atoms with Gasteiger partial charge in [0.05, 0.1) is 0 Å². The van der Waals surface area contributed by atoms with Gasteiger partial charge in [0.25, 0.3) is 5.56 Å². The smallest absolute Gasteiger partial charge is 0.280 e. The van der Waals surface area contributed by atoms with Crippen LogP contribution in [0.25, 0.3) is 11.2 Å². The maximum atomic E-state index is 12.8. The van der Waals surface area contributed by atoms with Crippen LogP contribution in [0, 0.1) is 0 Å². The van der Waals surface area contributed by atoms with E-state index in [1.54, 1.807) is 11.6 Å². The highest BCUT2D eigenvalue weighted by Gasteiger charge is 2.22. The van der Waals surface area contributed by atoms with Crippen LogP contribution in [-0.4, -0.2) is 62.7 Å². The van der Waals surface area contributed by atoms with E-state index in [1.807, 2.05) is 11.5 Å². The number of hydrogen-bond acceptors (Lipinski definition) is 7. The van der Waals surface area contributed by atoms with Crippen molar-refractivity contribution in [2.75, 3.05) is 43.4 Å². The van der Waals surface area contributed by atoms with Crippen LogP contribution in [0.3, 0.4) is 0 Å². The fourth-order valence-electron chi connectivity index (χ4n) is 2.89. The average Bonchev–Trinajstić information content (AvgIpc) is 2.98. The van der Waals surface area contributed by atoms with E-state index in [1.165, 1.54) is 11.8 Å². The molecule has 8 nitrogen and oxygen atoms in total. The summed E-state index contributed by atoms with van der Waals surface area (Å²) in [6.07, 6.45) is 0.675. The number of thioether (sulfide) groups is 1. The molecule has 0 amide bonds. The number of anilines is 1. The van der Waals surface area contributed by atoms with Gasteiger partial charge in [-0.05, 0) is 13.3 Å². The topological polar surface area (TPSA) is 88.2 Å². The molecule has 3 rings (SSSR count). The fraction of sp³-hybridized carbons (Fsp3) is 0.667. The van der Waals surface area contributed by atoms with Crippen LogP contribution in [0.2, 0.25) is 0 Å². The first-order valence-electron chi connectivity index (χ1n) is 8.34. The van der Waals surface area contributed by atoms with Crippen molar-refractivity contribution in [3.05, 3.63) is 10.4 Å². The Morgan fingerprint density at radius 1 is 1.29 bits per heavy atom. The quantitative estimate of drug-likeness (QED) is 0.431. The molecule has 0 radical (unpaired) electrons. The van der Waals surface area contributed by atoms with Crippen LogP contribution in [0.15, 0.2) is 9.95 Å². The number of nitrogens with one attached hydrogen (secondary N) is 1. The maximum absolute atomic E-state index is 12.8. The van der Waals surface area contributed by atoms with E-state index in [2.05, 4.69) is 20.2 Å². The van der Waals surface area contributed by atoms with E-state index in [0.29, 0.717) is 29.3 Å². The molecule has 2 N–H and O–H groups in total. The first-order valence-corrected chi connectivity index (χ1v) is 9.32. The zero-order valence-corrected chi connectivity index (χ0v) is 15.0. The molecule has 1 aliphatic rings. The highest BCUT2D eigenvalue weighted by molar-refractivity contribution is 7.99. The minimum absolute atomic E-state index is 0.0674. The number of piperazine rings is 1. The van der Waals surface area contributed by atoms with Crippen LogP contribution in [-0.2, 0) is 13.6 Å². The number of nitrogens with zero attached hydrogens (tertiary/aromatic N) is 5. The standard InChI is InChI=1S/C15H24N6O2S/c1-3-21-11-12(17-14(21)20-7-5-16-6-8-20)18-15(19(2)13(11)23)24-10-4-9-22/h16,22H,3-10H2,1-2H3. The van der Waals surface area contributed by atoms with Gasteiger partial charge in [0.1, 0.15) is 0 Å². The largest absolute Gasteiger partial charge is 0.396 e. The molecule has 132 valence electrons. The lowest BCUT2D eigenvalue weighted by atomic mass is 10.4. The van der Waals surface area contributed by atoms with Crippen LogP contribution in [0.4, 0.5) is 5.95 Å². The highest BCUT2D eigenvalue weighted by atomic mass is 32.2. The second kappa shape index (κ2) is 7.54. The summed E-state index contributed by atoms with van der Waals surface area (Å²) in [7, 11) is 1.74. The molecule has 2 aromatic heterocycles. The maximum Gasteiger partial charge on any atom is 0.280 e.